The second-order valence-corrected chi connectivity index (χ2v) is 8.16. The van der Waals surface area contributed by atoms with Crippen LogP contribution in [-0.4, -0.2) is 30.5 Å². The van der Waals surface area contributed by atoms with E-state index in [4.69, 9.17) is 13.6 Å². The van der Waals surface area contributed by atoms with E-state index in [-0.39, 0.29) is 0 Å². The number of aromatic amines is 1. The lowest BCUT2D eigenvalue weighted by molar-refractivity contribution is 0.333. The molecule has 26 heavy (non-hydrogen) atoms. The summed E-state index contributed by atoms with van der Waals surface area (Å²) in [6.07, 6.45) is 2.81. The molecule has 0 aliphatic carbocycles. The van der Waals surface area contributed by atoms with Gasteiger partial charge < -0.3 is 23.5 Å². The van der Waals surface area contributed by atoms with Crippen LogP contribution >= 0.6 is 7.82 Å². The van der Waals surface area contributed by atoms with Gasteiger partial charge in [0, 0.05) is 23.6 Å². The molecule has 2 heterocycles. The van der Waals surface area contributed by atoms with E-state index in [2.05, 4.69) is 9.88 Å². The average molecular weight is 372 g/mol. The SMILES string of the molecule is Cc1ccc2c(c1)OP(=O)(Oc1cccc3[nH]cc(CCN(C)C)c13)O2. The minimum atomic E-state index is -3.76. The molecule has 2 aromatic carbocycles. The van der Waals surface area contributed by atoms with Crippen molar-refractivity contribution >= 4 is 18.7 Å². The van der Waals surface area contributed by atoms with Gasteiger partial charge in [0.05, 0.1) is 0 Å². The maximum Gasteiger partial charge on any atom is 0.647 e. The minimum absolute atomic E-state index is 0.438. The Morgan fingerprint density at radius 3 is 2.77 bits per heavy atom. The van der Waals surface area contributed by atoms with Crippen molar-refractivity contribution in [1.29, 1.82) is 0 Å². The maximum atomic E-state index is 13.0. The lowest BCUT2D eigenvalue weighted by Gasteiger charge is -2.13. The van der Waals surface area contributed by atoms with Crippen LogP contribution in [0.1, 0.15) is 11.1 Å². The number of fused-ring (bicyclic) bond motifs is 2. The standard InChI is InChI=1S/C19H21N2O4P/c1-13-7-8-16-18(11-13)25-26(22,23-16)24-17-6-4-5-15-19(17)14(12-20-15)9-10-21(2)3/h4-8,11-12,20H,9-10H2,1-3H3. The molecule has 1 unspecified atom stereocenters. The molecule has 0 bridgehead atoms. The Morgan fingerprint density at radius 1 is 1.15 bits per heavy atom. The van der Waals surface area contributed by atoms with Crippen LogP contribution in [0.25, 0.3) is 10.9 Å². The molecule has 1 aliphatic rings. The highest BCUT2D eigenvalue weighted by molar-refractivity contribution is 7.50. The van der Waals surface area contributed by atoms with Gasteiger partial charge in [-0.25, -0.2) is 0 Å². The summed E-state index contributed by atoms with van der Waals surface area (Å²) in [4.78, 5) is 5.36. The van der Waals surface area contributed by atoms with Gasteiger partial charge in [-0.05, 0) is 62.8 Å². The van der Waals surface area contributed by atoms with Gasteiger partial charge >= 0.3 is 7.82 Å². The second kappa shape index (κ2) is 6.38. The van der Waals surface area contributed by atoms with Crippen LogP contribution < -0.4 is 13.6 Å². The fourth-order valence-electron chi connectivity index (χ4n) is 3.02. The highest BCUT2D eigenvalue weighted by Gasteiger charge is 2.41. The number of hydrogen-bond acceptors (Lipinski definition) is 5. The van der Waals surface area contributed by atoms with Crippen molar-refractivity contribution in [2.75, 3.05) is 20.6 Å². The number of phosphoric acid groups is 1. The number of benzene rings is 2. The molecular weight excluding hydrogens is 351 g/mol. The number of aryl methyl sites for hydroxylation is 1. The molecule has 0 saturated carbocycles. The molecule has 1 aliphatic heterocycles. The van der Waals surface area contributed by atoms with E-state index >= 15 is 0 Å². The quantitative estimate of drug-likeness (QED) is 0.666. The van der Waals surface area contributed by atoms with Crippen LogP contribution in [0.5, 0.6) is 17.2 Å². The number of hydrogen-bond donors (Lipinski definition) is 1. The highest BCUT2D eigenvalue weighted by Crippen LogP contribution is 2.59. The number of H-pyrrole nitrogens is 1. The third kappa shape index (κ3) is 3.18. The van der Waals surface area contributed by atoms with Crippen molar-refractivity contribution in [3.8, 4) is 17.2 Å². The number of nitrogens with zero attached hydrogens (tertiary/aromatic N) is 1. The molecule has 0 radical (unpaired) electrons. The normalized spacial score (nSPS) is 18.6. The highest BCUT2D eigenvalue weighted by atomic mass is 31.2. The van der Waals surface area contributed by atoms with E-state index in [1.54, 1.807) is 18.2 Å². The van der Waals surface area contributed by atoms with Crippen LogP contribution in [0.15, 0.2) is 42.6 Å². The molecule has 1 atom stereocenters. The first-order valence-corrected chi connectivity index (χ1v) is 9.93. The van der Waals surface area contributed by atoms with Crippen LogP contribution in [0.4, 0.5) is 0 Å². The smallest absolute Gasteiger partial charge is 0.385 e. The second-order valence-electron chi connectivity index (χ2n) is 6.72. The Bertz CT molecular complexity index is 1010. The van der Waals surface area contributed by atoms with E-state index in [9.17, 15) is 4.57 Å². The van der Waals surface area contributed by atoms with Gasteiger partial charge in [0.2, 0.25) is 0 Å². The maximum absolute atomic E-state index is 13.0. The number of likely N-dealkylation sites (N-methyl/N-ethyl adjacent to an activating group) is 1. The molecule has 1 aromatic heterocycles. The monoisotopic (exact) mass is 372 g/mol. The minimum Gasteiger partial charge on any atom is -0.385 e. The largest absolute Gasteiger partial charge is 0.647 e. The number of rotatable bonds is 5. The molecule has 0 amide bonds. The van der Waals surface area contributed by atoms with E-state index in [1.165, 1.54) is 0 Å². The topological polar surface area (TPSA) is 63.8 Å². The van der Waals surface area contributed by atoms with Crippen LogP contribution in [-0.2, 0) is 11.0 Å². The summed E-state index contributed by atoms with van der Waals surface area (Å²) in [5, 5.41) is 0.906. The van der Waals surface area contributed by atoms with Crippen LogP contribution in [0.2, 0.25) is 0 Å². The van der Waals surface area contributed by atoms with Crippen molar-refractivity contribution in [3.63, 3.8) is 0 Å². The third-order valence-corrected chi connectivity index (χ3v) is 5.57. The number of aromatic nitrogens is 1. The molecule has 0 fully saturated rings. The summed E-state index contributed by atoms with van der Waals surface area (Å²) in [6, 6.07) is 11.0. The fraction of sp³-hybridized carbons (Fsp3) is 0.263. The summed E-state index contributed by atoms with van der Waals surface area (Å²) in [7, 11) is 0.307. The average Bonchev–Trinajstić information content (AvgIpc) is 3.13. The first-order valence-electron chi connectivity index (χ1n) is 8.47. The summed E-state index contributed by atoms with van der Waals surface area (Å²) in [6.45, 7) is 2.84. The summed E-state index contributed by atoms with van der Waals surface area (Å²) < 4.78 is 29.8. The Balaban J connectivity index is 1.65. The first-order chi connectivity index (χ1) is 12.4. The molecular formula is C19H21N2O4P. The number of phosphoric ester groups is 1. The molecule has 4 rings (SSSR count). The lowest BCUT2D eigenvalue weighted by Crippen LogP contribution is -2.14. The van der Waals surface area contributed by atoms with E-state index < -0.39 is 7.82 Å². The zero-order valence-corrected chi connectivity index (χ0v) is 15.9. The van der Waals surface area contributed by atoms with E-state index in [0.717, 1.165) is 35.0 Å². The predicted molar refractivity (Wildman–Crippen MR) is 101 cm³/mol. The van der Waals surface area contributed by atoms with Gasteiger partial charge in [-0.15, -0.1) is 0 Å². The molecule has 0 saturated heterocycles. The fourth-order valence-corrected chi connectivity index (χ4v) is 4.30. The van der Waals surface area contributed by atoms with Crippen molar-refractivity contribution in [1.82, 2.24) is 9.88 Å². The zero-order valence-electron chi connectivity index (χ0n) is 15.0. The summed E-state index contributed by atoms with van der Waals surface area (Å²) >= 11 is 0. The van der Waals surface area contributed by atoms with Crippen molar-refractivity contribution in [2.45, 2.75) is 13.3 Å². The Labute approximate surface area is 152 Å². The molecule has 136 valence electrons. The molecule has 0 spiro atoms. The lowest BCUT2D eigenvalue weighted by atomic mass is 10.1. The zero-order chi connectivity index (χ0) is 18.3. The van der Waals surface area contributed by atoms with Crippen molar-refractivity contribution in [2.24, 2.45) is 0 Å². The summed E-state index contributed by atoms with van der Waals surface area (Å²) in [5.41, 5.74) is 3.03. The molecule has 3 aromatic rings. The van der Waals surface area contributed by atoms with Crippen LogP contribution in [0.3, 0.4) is 0 Å². The molecule has 1 N–H and O–H groups in total. The molecule has 7 heteroatoms. The van der Waals surface area contributed by atoms with Crippen molar-refractivity contribution < 1.29 is 18.1 Å². The molecule has 6 nitrogen and oxygen atoms in total. The van der Waals surface area contributed by atoms with Gasteiger partial charge in [0.1, 0.15) is 5.75 Å². The predicted octanol–water partition coefficient (Wildman–Crippen LogP) is 4.54. The van der Waals surface area contributed by atoms with Gasteiger partial charge in [-0.1, -0.05) is 12.1 Å². The Morgan fingerprint density at radius 2 is 1.96 bits per heavy atom. The van der Waals surface area contributed by atoms with E-state index in [1.807, 2.05) is 45.4 Å². The van der Waals surface area contributed by atoms with E-state index in [0.29, 0.717) is 17.2 Å². The van der Waals surface area contributed by atoms with Crippen molar-refractivity contribution in [3.05, 3.63) is 53.7 Å². The van der Waals surface area contributed by atoms with Gasteiger partial charge in [-0.3, -0.25) is 0 Å². The first kappa shape index (κ1) is 17.0. The van der Waals surface area contributed by atoms with Crippen LogP contribution in [0, 0.1) is 6.92 Å². The Hall–Kier alpha value is -2.43. The van der Waals surface area contributed by atoms with Gasteiger partial charge in [0.25, 0.3) is 0 Å². The van der Waals surface area contributed by atoms with Gasteiger partial charge in [0.15, 0.2) is 11.5 Å². The third-order valence-electron chi connectivity index (χ3n) is 4.31. The number of nitrogens with one attached hydrogen (secondary N) is 1. The Kier molecular flexibility index (Phi) is 4.17. The summed E-state index contributed by atoms with van der Waals surface area (Å²) in [5.74, 6) is 1.38. The van der Waals surface area contributed by atoms with Gasteiger partial charge in [-0.2, -0.15) is 4.57 Å².